The lowest BCUT2D eigenvalue weighted by Crippen LogP contribution is -2.36. The molecule has 4 rings (SSSR count). The third kappa shape index (κ3) is 4.08. The number of carbonyl (C=O) groups is 1. The van der Waals surface area contributed by atoms with E-state index in [1.165, 1.54) is 0 Å². The molecular formula is C25H21BrClN3O2. The molecule has 5 nitrogen and oxygen atoms in total. The Balaban J connectivity index is 1.92. The van der Waals surface area contributed by atoms with E-state index in [1.54, 1.807) is 46.8 Å². The molecule has 0 saturated carbocycles. The standard InChI is InChI=1S/C25H21BrClN3O2/c1-3-22(29(2)24(31)18-8-4-6-10-20(18)27)23-28-21-11-7-5-9-19(21)25(32)30(23)17-14-12-16(26)13-15-17/h4-15,22H,3H2,1-2H3. The van der Waals surface area contributed by atoms with Gasteiger partial charge in [-0.15, -0.1) is 0 Å². The van der Waals surface area contributed by atoms with Crippen LogP contribution >= 0.6 is 27.5 Å². The lowest BCUT2D eigenvalue weighted by Gasteiger charge is -2.29. The maximum atomic E-state index is 13.6. The van der Waals surface area contributed by atoms with Gasteiger partial charge in [0, 0.05) is 11.5 Å². The Labute approximate surface area is 199 Å². The summed E-state index contributed by atoms with van der Waals surface area (Å²) in [6.45, 7) is 1.97. The molecule has 1 heterocycles. The minimum absolute atomic E-state index is 0.176. The molecule has 0 spiro atoms. The molecule has 0 aliphatic rings. The van der Waals surface area contributed by atoms with Crippen molar-refractivity contribution in [1.29, 1.82) is 0 Å². The highest BCUT2D eigenvalue weighted by atomic mass is 79.9. The molecule has 1 amide bonds. The van der Waals surface area contributed by atoms with E-state index in [0.29, 0.717) is 39.4 Å². The van der Waals surface area contributed by atoms with Crippen molar-refractivity contribution < 1.29 is 4.79 Å². The quantitative estimate of drug-likeness (QED) is 0.330. The van der Waals surface area contributed by atoms with Crippen LogP contribution in [0.1, 0.15) is 35.6 Å². The van der Waals surface area contributed by atoms with Crippen LogP contribution in [0.3, 0.4) is 0 Å². The Kier molecular flexibility index (Phi) is 6.44. The summed E-state index contributed by atoms with van der Waals surface area (Å²) in [5.74, 6) is 0.272. The van der Waals surface area contributed by atoms with Gasteiger partial charge in [-0.2, -0.15) is 0 Å². The second kappa shape index (κ2) is 9.27. The molecule has 0 aliphatic carbocycles. The molecule has 0 aliphatic heterocycles. The number of hydrogen-bond acceptors (Lipinski definition) is 3. The van der Waals surface area contributed by atoms with E-state index in [0.717, 1.165) is 4.47 Å². The van der Waals surface area contributed by atoms with E-state index in [9.17, 15) is 9.59 Å². The summed E-state index contributed by atoms with van der Waals surface area (Å²) in [6.07, 6.45) is 0.563. The lowest BCUT2D eigenvalue weighted by molar-refractivity contribution is 0.0717. The van der Waals surface area contributed by atoms with E-state index in [-0.39, 0.29) is 11.5 Å². The molecule has 0 fully saturated rings. The molecule has 1 atom stereocenters. The van der Waals surface area contributed by atoms with Gasteiger partial charge in [-0.05, 0) is 55.0 Å². The van der Waals surface area contributed by atoms with E-state index >= 15 is 0 Å². The van der Waals surface area contributed by atoms with Crippen LogP contribution in [0.15, 0.2) is 82.1 Å². The first-order valence-corrected chi connectivity index (χ1v) is 11.4. The maximum absolute atomic E-state index is 13.6. The smallest absolute Gasteiger partial charge is 0.266 e. The predicted octanol–water partition coefficient (Wildman–Crippen LogP) is 6.02. The van der Waals surface area contributed by atoms with E-state index < -0.39 is 6.04 Å². The van der Waals surface area contributed by atoms with Gasteiger partial charge < -0.3 is 4.90 Å². The van der Waals surface area contributed by atoms with Crippen LogP contribution in [0.4, 0.5) is 0 Å². The number of rotatable bonds is 5. The SMILES string of the molecule is CCC(c1nc2ccccc2c(=O)n1-c1ccc(Br)cc1)N(C)C(=O)c1ccccc1Cl. The summed E-state index contributed by atoms with van der Waals surface area (Å²) in [5, 5.41) is 0.907. The van der Waals surface area contributed by atoms with Crippen LogP contribution < -0.4 is 5.56 Å². The first-order valence-electron chi connectivity index (χ1n) is 10.2. The van der Waals surface area contributed by atoms with E-state index in [2.05, 4.69) is 15.9 Å². The average molecular weight is 511 g/mol. The summed E-state index contributed by atoms with van der Waals surface area (Å²) in [6, 6.07) is 21.2. The highest BCUT2D eigenvalue weighted by molar-refractivity contribution is 9.10. The van der Waals surface area contributed by atoms with Gasteiger partial charge in [0.15, 0.2) is 0 Å². The van der Waals surface area contributed by atoms with Gasteiger partial charge in [-0.3, -0.25) is 14.2 Å². The van der Waals surface area contributed by atoms with Crippen LogP contribution in [0, 0.1) is 0 Å². The zero-order valence-electron chi connectivity index (χ0n) is 17.6. The Morgan fingerprint density at radius 3 is 2.41 bits per heavy atom. The lowest BCUT2D eigenvalue weighted by atomic mass is 10.1. The number of halogens is 2. The van der Waals surface area contributed by atoms with Crippen molar-refractivity contribution >= 4 is 44.3 Å². The van der Waals surface area contributed by atoms with Gasteiger partial charge in [0.05, 0.1) is 33.2 Å². The van der Waals surface area contributed by atoms with Crippen molar-refractivity contribution in [2.24, 2.45) is 0 Å². The molecule has 162 valence electrons. The first kappa shape index (κ1) is 22.2. The van der Waals surface area contributed by atoms with Gasteiger partial charge in [-0.25, -0.2) is 4.98 Å². The summed E-state index contributed by atoms with van der Waals surface area (Å²) >= 11 is 9.72. The minimum Gasteiger partial charge on any atom is -0.331 e. The fourth-order valence-corrected chi connectivity index (χ4v) is 4.29. The molecular weight excluding hydrogens is 490 g/mol. The number of fused-ring (bicyclic) bond motifs is 1. The summed E-state index contributed by atoms with van der Waals surface area (Å²) in [5.41, 5.74) is 1.51. The van der Waals surface area contributed by atoms with Gasteiger partial charge >= 0.3 is 0 Å². The van der Waals surface area contributed by atoms with Crippen LogP contribution in [-0.2, 0) is 0 Å². The van der Waals surface area contributed by atoms with Crippen molar-refractivity contribution in [3.8, 4) is 5.69 Å². The molecule has 0 radical (unpaired) electrons. The fraction of sp³-hybridized carbons (Fsp3) is 0.160. The fourth-order valence-electron chi connectivity index (χ4n) is 3.81. The molecule has 1 unspecified atom stereocenters. The molecule has 0 saturated heterocycles. The predicted molar refractivity (Wildman–Crippen MR) is 132 cm³/mol. The highest BCUT2D eigenvalue weighted by Crippen LogP contribution is 2.28. The zero-order chi connectivity index (χ0) is 22.8. The number of para-hydroxylation sites is 1. The summed E-state index contributed by atoms with van der Waals surface area (Å²) < 4.78 is 2.50. The molecule has 3 aromatic carbocycles. The molecule has 0 N–H and O–H groups in total. The van der Waals surface area contributed by atoms with Crippen LogP contribution in [0.5, 0.6) is 0 Å². The number of nitrogens with zero attached hydrogens (tertiary/aromatic N) is 3. The average Bonchev–Trinajstić information content (AvgIpc) is 2.80. The summed E-state index contributed by atoms with van der Waals surface area (Å²) in [4.78, 5) is 33.3. The van der Waals surface area contributed by atoms with Crippen LogP contribution in [-0.4, -0.2) is 27.4 Å². The number of hydrogen-bond donors (Lipinski definition) is 0. The number of aromatic nitrogens is 2. The first-order chi connectivity index (χ1) is 15.4. The monoisotopic (exact) mass is 509 g/mol. The van der Waals surface area contributed by atoms with Crippen LogP contribution in [0.25, 0.3) is 16.6 Å². The highest BCUT2D eigenvalue weighted by Gasteiger charge is 2.28. The van der Waals surface area contributed by atoms with E-state index in [1.807, 2.05) is 49.4 Å². The normalized spacial score (nSPS) is 12.0. The number of carbonyl (C=O) groups excluding carboxylic acids is 1. The van der Waals surface area contributed by atoms with Crippen LogP contribution in [0.2, 0.25) is 5.02 Å². The topological polar surface area (TPSA) is 55.2 Å². The molecule has 7 heteroatoms. The van der Waals surface area contributed by atoms with Crippen molar-refractivity contribution in [2.75, 3.05) is 7.05 Å². The minimum atomic E-state index is -0.445. The van der Waals surface area contributed by atoms with E-state index in [4.69, 9.17) is 16.6 Å². The van der Waals surface area contributed by atoms with Gasteiger partial charge in [-0.1, -0.05) is 58.7 Å². The second-order valence-electron chi connectivity index (χ2n) is 7.42. The number of amides is 1. The van der Waals surface area contributed by atoms with Crippen molar-refractivity contribution in [3.63, 3.8) is 0 Å². The maximum Gasteiger partial charge on any atom is 0.266 e. The van der Waals surface area contributed by atoms with Crippen molar-refractivity contribution in [1.82, 2.24) is 14.5 Å². The van der Waals surface area contributed by atoms with Gasteiger partial charge in [0.2, 0.25) is 0 Å². The Morgan fingerprint density at radius 1 is 1.06 bits per heavy atom. The number of benzene rings is 3. The Hall–Kier alpha value is -2.96. The summed E-state index contributed by atoms with van der Waals surface area (Å²) in [7, 11) is 1.72. The van der Waals surface area contributed by atoms with Gasteiger partial charge in [0.1, 0.15) is 5.82 Å². The largest absolute Gasteiger partial charge is 0.331 e. The van der Waals surface area contributed by atoms with Crippen molar-refractivity contribution in [3.05, 3.63) is 104 Å². The zero-order valence-corrected chi connectivity index (χ0v) is 20.0. The Bertz CT molecular complexity index is 1350. The van der Waals surface area contributed by atoms with Gasteiger partial charge in [0.25, 0.3) is 11.5 Å². The molecule has 4 aromatic rings. The molecule has 0 bridgehead atoms. The third-order valence-corrected chi connectivity index (χ3v) is 6.32. The van der Waals surface area contributed by atoms with Crippen molar-refractivity contribution in [2.45, 2.75) is 19.4 Å². The molecule has 32 heavy (non-hydrogen) atoms. The second-order valence-corrected chi connectivity index (χ2v) is 8.75. The molecule has 1 aromatic heterocycles. The Morgan fingerprint density at radius 2 is 1.72 bits per heavy atom. The third-order valence-electron chi connectivity index (χ3n) is 5.46.